The Morgan fingerprint density at radius 3 is 2.82 bits per heavy atom. The molecule has 0 spiro atoms. The van der Waals surface area contributed by atoms with Gasteiger partial charge in [0.1, 0.15) is 5.82 Å². The molecule has 22 heavy (non-hydrogen) atoms. The van der Waals surface area contributed by atoms with E-state index in [4.69, 9.17) is 4.74 Å². The molecule has 0 bridgehead atoms. The highest BCUT2D eigenvalue weighted by molar-refractivity contribution is 6.05. The summed E-state index contributed by atoms with van der Waals surface area (Å²) in [4.78, 5) is 22.3. The van der Waals surface area contributed by atoms with Gasteiger partial charge >= 0.3 is 0 Å². The van der Waals surface area contributed by atoms with Gasteiger partial charge in [0.15, 0.2) is 11.6 Å². The number of ether oxygens (including phenoxy) is 1. The average molecular weight is 304 g/mol. The predicted molar refractivity (Wildman–Crippen MR) is 81.9 cm³/mol. The molecule has 1 aromatic carbocycles. The summed E-state index contributed by atoms with van der Waals surface area (Å²) < 4.78 is 19.0. The zero-order chi connectivity index (χ0) is 16.1. The number of anilines is 2. The summed E-state index contributed by atoms with van der Waals surface area (Å²) in [7, 11) is 3.58. The molecule has 1 amide bonds. The summed E-state index contributed by atoms with van der Waals surface area (Å²) in [6, 6.07) is 5.76. The monoisotopic (exact) mass is 304 g/mol. The number of rotatable bonds is 5. The SMILES string of the molecule is CCOc1c(F)cccc1C(=O)Nc1ccnc(N(C)C)n1. The van der Waals surface area contributed by atoms with Gasteiger partial charge in [-0.1, -0.05) is 6.07 Å². The zero-order valence-electron chi connectivity index (χ0n) is 12.6. The van der Waals surface area contributed by atoms with E-state index in [-0.39, 0.29) is 17.9 Å². The maximum Gasteiger partial charge on any atom is 0.260 e. The van der Waals surface area contributed by atoms with Crippen molar-refractivity contribution >= 4 is 17.7 Å². The molecule has 0 saturated heterocycles. The summed E-state index contributed by atoms with van der Waals surface area (Å²) >= 11 is 0. The van der Waals surface area contributed by atoms with Crippen LogP contribution in [0, 0.1) is 5.82 Å². The molecule has 1 heterocycles. The van der Waals surface area contributed by atoms with Crippen molar-refractivity contribution in [3.05, 3.63) is 41.8 Å². The number of benzene rings is 1. The number of amides is 1. The molecule has 2 aromatic rings. The Morgan fingerprint density at radius 1 is 1.36 bits per heavy atom. The maximum absolute atomic E-state index is 13.8. The van der Waals surface area contributed by atoms with E-state index in [9.17, 15) is 9.18 Å². The highest BCUT2D eigenvalue weighted by atomic mass is 19.1. The van der Waals surface area contributed by atoms with Crippen LogP contribution in [0.1, 0.15) is 17.3 Å². The third-order valence-electron chi connectivity index (χ3n) is 2.78. The van der Waals surface area contributed by atoms with Gasteiger partial charge in [-0.2, -0.15) is 4.98 Å². The van der Waals surface area contributed by atoms with Crippen LogP contribution in [-0.4, -0.2) is 36.6 Å². The molecule has 0 atom stereocenters. The van der Waals surface area contributed by atoms with Crippen LogP contribution >= 0.6 is 0 Å². The Kier molecular flexibility index (Phi) is 4.88. The first-order chi connectivity index (χ1) is 10.5. The molecule has 0 aliphatic carbocycles. The summed E-state index contributed by atoms with van der Waals surface area (Å²) in [5.74, 6) is -0.348. The van der Waals surface area contributed by atoms with E-state index >= 15 is 0 Å². The van der Waals surface area contributed by atoms with Crippen LogP contribution in [0.4, 0.5) is 16.2 Å². The topological polar surface area (TPSA) is 67.3 Å². The predicted octanol–water partition coefficient (Wildman–Crippen LogP) is 2.33. The minimum Gasteiger partial charge on any atom is -0.490 e. The number of nitrogens with zero attached hydrogens (tertiary/aromatic N) is 3. The second-order valence-electron chi connectivity index (χ2n) is 4.64. The molecular formula is C15H17FN4O2. The van der Waals surface area contributed by atoms with Crippen molar-refractivity contribution in [1.29, 1.82) is 0 Å². The Hall–Kier alpha value is -2.70. The molecule has 7 heteroatoms. The van der Waals surface area contributed by atoms with Crippen LogP contribution in [0.25, 0.3) is 0 Å². The Bertz CT molecular complexity index is 676. The highest BCUT2D eigenvalue weighted by Crippen LogP contribution is 2.23. The number of nitrogens with one attached hydrogen (secondary N) is 1. The second-order valence-corrected chi connectivity index (χ2v) is 4.64. The summed E-state index contributed by atoms with van der Waals surface area (Å²) in [6.07, 6.45) is 1.53. The van der Waals surface area contributed by atoms with Crippen LogP contribution in [-0.2, 0) is 0 Å². The van der Waals surface area contributed by atoms with Gasteiger partial charge in [0, 0.05) is 20.3 Å². The van der Waals surface area contributed by atoms with Crippen LogP contribution < -0.4 is 15.0 Å². The van der Waals surface area contributed by atoms with E-state index in [2.05, 4.69) is 15.3 Å². The molecule has 0 aliphatic rings. The molecule has 1 aromatic heterocycles. The van der Waals surface area contributed by atoms with Gasteiger partial charge in [0.05, 0.1) is 12.2 Å². The smallest absolute Gasteiger partial charge is 0.260 e. The molecule has 0 aliphatic heterocycles. The fourth-order valence-electron chi connectivity index (χ4n) is 1.80. The summed E-state index contributed by atoms with van der Waals surface area (Å²) in [5, 5.41) is 2.62. The van der Waals surface area contributed by atoms with E-state index in [0.717, 1.165) is 0 Å². The molecule has 0 unspecified atom stereocenters. The fourth-order valence-corrected chi connectivity index (χ4v) is 1.80. The van der Waals surface area contributed by atoms with Gasteiger partial charge in [-0.05, 0) is 25.1 Å². The van der Waals surface area contributed by atoms with Crippen molar-refractivity contribution in [3.8, 4) is 5.75 Å². The maximum atomic E-state index is 13.8. The van der Waals surface area contributed by atoms with E-state index < -0.39 is 11.7 Å². The first kappa shape index (κ1) is 15.7. The fraction of sp³-hybridized carbons (Fsp3) is 0.267. The summed E-state index contributed by atoms with van der Waals surface area (Å²) in [6.45, 7) is 1.99. The first-order valence-corrected chi connectivity index (χ1v) is 6.76. The quantitative estimate of drug-likeness (QED) is 0.918. The standard InChI is InChI=1S/C15H17FN4O2/c1-4-22-13-10(6-5-7-11(13)16)14(21)18-12-8-9-17-15(19-12)20(2)3/h5-9H,4H2,1-3H3,(H,17,18,19,21). The van der Waals surface area contributed by atoms with Crippen molar-refractivity contribution in [2.45, 2.75) is 6.92 Å². The molecule has 6 nitrogen and oxygen atoms in total. The van der Waals surface area contributed by atoms with Crippen molar-refractivity contribution in [2.24, 2.45) is 0 Å². The number of carbonyl (C=O) groups excluding carboxylic acids is 1. The molecule has 0 radical (unpaired) electrons. The van der Waals surface area contributed by atoms with Gasteiger partial charge in [-0.25, -0.2) is 9.37 Å². The van der Waals surface area contributed by atoms with Crippen molar-refractivity contribution in [2.75, 3.05) is 30.9 Å². The molecule has 116 valence electrons. The number of para-hydroxylation sites is 1. The Labute approximate surface area is 128 Å². The van der Waals surface area contributed by atoms with Gasteiger partial charge in [-0.3, -0.25) is 4.79 Å². The largest absolute Gasteiger partial charge is 0.490 e. The third kappa shape index (κ3) is 3.49. The van der Waals surface area contributed by atoms with Crippen LogP contribution in [0.3, 0.4) is 0 Å². The van der Waals surface area contributed by atoms with Crippen molar-refractivity contribution < 1.29 is 13.9 Å². The average Bonchev–Trinajstić information content (AvgIpc) is 2.49. The van der Waals surface area contributed by atoms with E-state index in [1.54, 1.807) is 32.0 Å². The minimum atomic E-state index is -0.578. The van der Waals surface area contributed by atoms with E-state index in [1.807, 2.05) is 0 Å². The lowest BCUT2D eigenvalue weighted by atomic mass is 10.2. The lowest BCUT2D eigenvalue weighted by Crippen LogP contribution is -2.17. The number of halogens is 1. The van der Waals surface area contributed by atoms with Crippen LogP contribution in [0.5, 0.6) is 5.75 Å². The third-order valence-corrected chi connectivity index (χ3v) is 2.78. The van der Waals surface area contributed by atoms with Crippen LogP contribution in [0.2, 0.25) is 0 Å². The van der Waals surface area contributed by atoms with Gasteiger partial charge in [0.2, 0.25) is 5.95 Å². The lowest BCUT2D eigenvalue weighted by Gasteiger charge is -2.13. The summed E-state index contributed by atoms with van der Waals surface area (Å²) in [5.41, 5.74) is 0.117. The van der Waals surface area contributed by atoms with Crippen molar-refractivity contribution in [3.63, 3.8) is 0 Å². The molecule has 1 N–H and O–H groups in total. The molecular weight excluding hydrogens is 287 g/mol. The van der Waals surface area contributed by atoms with Gasteiger partial charge in [-0.15, -0.1) is 0 Å². The number of hydrogen-bond donors (Lipinski definition) is 1. The normalized spacial score (nSPS) is 10.2. The number of carbonyl (C=O) groups is 1. The zero-order valence-corrected chi connectivity index (χ0v) is 12.6. The van der Waals surface area contributed by atoms with Crippen LogP contribution in [0.15, 0.2) is 30.5 Å². The van der Waals surface area contributed by atoms with Crippen molar-refractivity contribution in [1.82, 2.24) is 9.97 Å². The second kappa shape index (κ2) is 6.84. The Balaban J connectivity index is 2.26. The van der Waals surface area contributed by atoms with E-state index in [0.29, 0.717) is 11.8 Å². The van der Waals surface area contributed by atoms with E-state index in [1.165, 1.54) is 24.4 Å². The number of aromatic nitrogens is 2. The number of hydrogen-bond acceptors (Lipinski definition) is 5. The first-order valence-electron chi connectivity index (χ1n) is 6.76. The molecule has 0 fully saturated rings. The van der Waals surface area contributed by atoms with Gasteiger partial charge < -0.3 is 15.0 Å². The van der Waals surface area contributed by atoms with Gasteiger partial charge in [0.25, 0.3) is 5.91 Å². The molecule has 0 saturated carbocycles. The Morgan fingerprint density at radius 2 is 2.14 bits per heavy atom. The highest BCUT2D eigenvalue weighted by Gasteiger charge is 2.17. The molecule has 2 rings (SSSR count). The minimum absolute atomic E-state index is 0.0654. The lowest BCUT2D eigenvalue weighted by molar-refractivity contribution is 0.102.